The number of H-pyrrole nitrogens is 1. The molecular formula is C17H18N2S. The molecule has 3 rings (SSSR count). The number of fused-ring (bicyclic) bond motifs is 1. The number of nitrogens with two attached hydrogens (primary N) is 1. The molecule has 0 amide bonds. The molecule has 0 aliphatic heterocycles. The van der Waals surface area contributed by atoms with Crippen LogP contribution in [0.25, 0.3) is 10.9 Å². The van der Waals surface area contributed by atoms with Gasteiger partial charge in [0.1, 0.15) is 0 Å². The summed E-state index contributed by atoms with van der Waals surface area (Å²) in [7, 11) is 0. The number of hydrogen-bond donors (Lipinski definition) is 2. The molecule has 2 aromatic carbocycles. The lowest BCUT2D eigenvalue weighted by Crippen LogP contribution is -1.97. The minimum absolute atomic E-state index is 0.607. The van der Waals surface area contributed by atoms with Crippen molar-refractivity contribution in [1.82, 2.24) is 4.98 Å². The minimum Gasteiger partial charge on any atom is -0.350 e. The Morgan fingerprint density at radius 2 is 1.95 bits per heavy atom. The quantitative estimate of drug-likeness (QED) is 0.703. The molecular weight excluding hydrogens is 264 g/mol. The van der Waals surface area contributed by atoms with E-state index >= 15 is 0 Å². The van der Waals surface area contributed by atoms with Crippen LogP contribution in [0.15, 0.2) is 53.6 Å². The molecule has 3 aromatic rings. The normalized spacial score (nSPS) is 11.1. The van der Waals surface area contributed by atoms with E-state index in [1.54, 1.807) is 0 Å². The van der Waals surface area contributed by atoms with Gasteiger partial charge in [-0.15, -0.1) is 11.8 Å². The van der Waals surface area contributed by atoms with Crippen molar-refractivity contribution in [2.75, 3.05) is 0 Å². The van der Waals surface area contributed by atoms with Gasteiger partial charge in [0.25, 0.3) is 0 Å². The third-order valence-electron chi connectivity index (χ3n) is 3.53. The van der Waals surface area contributed by atoms with Crippen LogP contribution in [0, 0.1) is 6.92 Å². The number of aryl methyl sites for hydroxylation is 1. The van der Waals surface area contributed by atoms with E-state index < -0.39 is 0 Å². The standard InChI is InChI=1S/C17H18N2S/c1-12-8-13(10-18)6-7-15(12)11-20-17-9-14-4-2-3-5-16(14)19-17/h2-9,19H,10-11,18H2,1H3. The van der Waals surface area contributed by atoms with Gasteiger partial charge in [-0.1, -0.05) is 36.4 Å². The summed E-state index contributed by atoms with van der Waals surface area (Å²) in [5.74, 6) is 0.976. The Bertz CT molecular complexity index is 698. The van der Waals surface area contributed by atoms with Gasteiger partial charge in [0.05, 0.1) is 5.03 Å². The molecule has 0 saturated carbocycles. The fourth-order valence-corrected chi connectivity index (χ4v) is 3.35. The molecule has 3 N–H and O–H groups in total. The first-order valence-corrected chi connectivity index (χ1v) is 7.74. The zero-order valence-electron chi connectivity index (χ0n) is 11.5. The smallest absolute Gasteiger partial charge is 0.0735 e. The van der Waals surface area contributed by atoms with E-state index in [4.69, 9.17) is 5.73 Å². The molecule has 1 heterocycles. The number of benzene rings is 2. The van der Waals surface area contributed by atoms with Crippen LogP contribution >= 0.6 is 11.8 Å². The van der Waals surface area contributed by atoms with Crippen LogP contribution in [0.5, 0.6) is 0 Å². The number of hydrogen-bond acceptors (Lipinski definition) is 2. The maximum absolute atomic E-state index is 5.67. The molecule has 0 saturated heterocycles. The van der Waals surface area contributed by atoms with Gasteiger partial charge in [0.2, 0.25) is 0 Å². The molecule has 0 spiro atoms. The van der Waals surface area contributed by atoms with E-state index in [1.165, 1.54) is 32.6 Å². The lowest BCUT2D eigenvalue weighted by molar-refractivity contribution is 1.06. The Morgan fingerprint density at radius 1 is 1.10 bits per heavy atom. The first-order valence-electron chi connectivity index (χ1n) is 6.75. The van der Waals surface area contributed by atoms with Gasteiger partial charge >= 0.3 is 0 Å². The minimum atomic E-state index is 0.607. The van der Waals surface area contributed by atoms with Crippen molar-refractivity contribution in [2.24, 2.45) is 5.73 Å². The van der Waals surface area contributed by atoms with Crippen molar-refractivity contribution in [3.05, 3.63) is 65.2 Å². The number of aromatic nitrogens is 1. The average molecular weight is 282 g/mol. The molecule has 3 heteroatoms. The molecule has 0 fully saturated rings. The highest BCUT2D eigenvalue weighted by Gasteiger charge is 2.04. The molecule has 0 aliphatic rings. The Balaban J connectivity index is 1.75. The molecule has 2 nitrogen and oxygen atoms in total. The second kappa shape index (κ2) is 5.73. The molecule has 0 radical (unpaired) electrons. The highest BCUT2D eigenvalue weighted by molar-refractivity contribution is 7.98. The Kier molecular flexibility index (Phi) is 3.81. The van der Waals surface area contributed by atoms with Crippen molar-refractivity contribution in [1.29, 1.82) is 0 Å². The van der Waals surface area contributed by atoms with Gasteiger partial charge in [-0.3, -0.25) is 0 Å². The monoisotopic (exact) mass is 282 g/mol. The summed E-state index contributed by atoms with van der Waals surface area (Å²) in [5.41, 5.74) is 10.7. The van der Waals surface area contributed by atoms with E-state index in [0.717, 1.165) is 5.75 Å². The van der Waals surface area contributed by atoms with Crippen molar-refractivity contribution in [3.63, 3.8) is 0 Å². The van der Waals surface area contributed by atoms with Gasteiger partial charge < -0.3 is 10.7 Å². The van der Waals surface area contributed by atoms with Crippen LogP contribution in [0.2, 0.25) is 0 Å². The van der Waals surface area contributed by atoms with Crippen molar-refractivity contribution in [3.8, 4) is 0 Å². The number of para-hydroxylation sites is 1. The maximum atomic E-state index is 5.67. The van der Waals surface area contributed by atoms with E-state index in [2.05, 4.69) is 60.4 Å². The molecule has 20 heavy (non-hydrogen) atoms. The summed E-state index contributed by atoms with van der Waals surface area (Å²) >= 11 is 1.84. The summed E-state index contributed by atoms with van der Waals surface area (Å²) in [5, 5.41) is 2.48. The number of thioether (sulfide) groups is 1. The molecule has 102 valence electrons. The Hall–Kier alpha value is -1.71. The van der Waals surface area contributed by atoms with Gasteiger partial charge in [0, 0.05) is 23.2 Å². The van der Waals surface area contributed by atoms with Crippen LogP contribution in [-0.2, 0) is 12.3 Å². The largest absolute Gasteiger partial charge is 0.350 e. The highest BCUT2D eigenvalue weighted by Crippen LogP contribution is 2.27. The van der Waals surface area contributed by atoms with Crippen LogP contribution in [0.3, 0.4) is 0 Å². The summed E-state index contributed by atoms with van der Waals surface area (Å²) in [6.07, 6.45) is 0. The third kappa shape index (κ3) is 2.74. The predicted molar refractivity (Wildman–Crippen MR) is 86.9 cm³/mol. The van der Waals surface area contributed by atoms with Gasteiger partial charge in [0.15, 0.2) is 0 Å². The van der Waals surface area contributed by atoms with Crippen molar-refractivity contribution < 1.29 is 0 Å². The Labute approximate surface area is 123 Å². The first-order chi connectivity index (χ1) is 9.76. The van der Waals surface area contributed by atoms with Gasteiger partial charge in [-0.2, -0.15) is 0 Å². The van der Waals surface area contributed by atoms with Crippen LogP contribution in [-0.4, -0.2) is 4.98 Å². The zero-order chi connectivity index (χ0) is 13.9. The number of rotatable bonds is 4. The van der Waals surface area contributed by atoms with Crippen molar-refractivity contribution >= 4 is 22.7 Å². The molecule has 0 aliphatic carbocycles. The zero-order valence-corrected chi connectivity index (χ0v) is 12.3. The molecule has 1 aromatic heterocycles. The third-order valence-corrected chi connectivity index (χ3v) is 4.52. The number of aromatic amines is 1. The first kappa shape index (κ1) is 13.3. The van der Waals surface area contributed by atoms with E-state index in [0.29, 0.717) is 6.54 Å². The highest BCUT2D eigenvalue weighted by atomic mass is 32.2. The van der Waals surface area contributed by atoms with E-state index in [-0.39, 0.29) is 0 Å². The second-order valence-corrected chi connectivity index (χ2v) is 5.99. The van der Waals surface area contributed by atoms with E-state index in [1.807, 2.05) is 11.8 Å². The predicted octanol–water partition coefficient (Wildman–Crippen LogP) is 4.23. The SMILES string of the molecule is Cc1cc(CN)ccc1CSc1cc2ccccc2[nH]1. The topological polar surface area (TPSA) is 41.8 Å². The van der Waals surface area contributed by atoms with Crippen LogP contribution in [0.1, 0.15) is 16.7 Å². The fraction of sp³-hybridized carbons (Fsp3) is 0.176. The summed E-state index contributed by atoms with van der Waals surface area (Å²) < 4.78 is 0. The van der Waals surface area contributed by atoms with Crippen molar-refractivity contribution in [2.45, 2.75) is 24.2 Å². The average Bonchev–Trinajstić information content (AvgIpc) is 2.88. The van der Waals surface area contributed by atoms with Gasteiger partial charge in [-0.05, 0) is 35.7 Å². The lowest BCUT2D eigenvalue weighted by Gasteiger charge is -2.06. The van der Waals surface area contributed by atoms with Gasteiger partial charge in [-0.25, -0.2) is 0 Å². The summed E-state index contributed by atoms with van der Waals surface area (Å²) in [4.78, 5) is 3.45. The van der Waals surface area contributed by atoms with E-state index in [9.17, 15) is 0 Å². The molecule has 0 unspecified atom stereocenters. The molecule has 0 bridgehead atoms. The van der Waals surface area contributed by atoms with Crippen LogP contribution < -0.4 is 5.73 Å². The van der Waals surface area contributed by atoms with Crippen LogP contribution in [0.4, 0.5) is 0 Å². The maximum Gasteiger partial charge on any atom is 0.0735 e. The Morgan fingerprint density at radius 3 is 2.70 bits per heavy atom. The molecule has 0 atom stereocenters. The number of nitrogens with one attached hydrogen (secondary N) is 1. The summed E-state index contributed by atoms with van der Waals surface area (Å²) in [6.45, 7) is 2.76. The fourth-order valence-electron chi connectivity index (χ4n) is 2.33. The summed E-state index contributed by atoms with van der Waals surface area (Å²) in [6, 6.07) is 17.1. The lowest BCUT2D eigenvalue weighted by atomic mass is 10.1. The second-order valence-electron chi connectivity index (χ2n) is 4.97.